The minimum absolute atomic E-state index is 0. The van der Waals surface area contributed by atoms with E-state index in [-0.39, 0.29) is 25.2 Å². The van der Waals surface area contributed by atoms with Gasteiger partial charge in [-0.05, 0) is 0 Å². The number of hydrogen-bond acceptors (Lipinski definition) is 2. The summed E-state index contributed by atoms with van der Waals surface area (Å²) in [5, 5.41) is 8.68. The molecule has 1 aliphatic rings. The van der Waals surface area contributed by atoms with Gasteiger partial charge in [0, 0.05) is 19.6 Å². The summed E-state index contributed by atoms with van der Waals surface area (Å²) in [5.74, 6) is 0. The van der Waals surface area contributed by atoms with Gasteiger partial charge in [0.25, 0.3) is 0 Å². The summed E-state index contributed by atoms with van der Waals surface area (Å²) in [6.07, 6.45) is -0.193. The quantitative estimate of drug-likeness (QED) is 0.610. The largest absolute Gasteiger partial charge is 0.390 e. The number of β-amino-alcohol motifs (C(OH)–C–C–N with tert-alkyl or cyclic N) is 1. The van der Waals surface area contributed by atoms with Gasteiger partial charge in [0.05, 0.1) is 6.10 Å². The van der Waals surface area contributed by atoms with E-state index in [1.807, 2.05) is 4.90 Å². The van der Waals surface area contributed by atoms with Crippen LogP contribution in [0.1, 0.15) is 0 Å². The lowest BCUT2D eigenvalue weighted by molar-refractivity contribution is -0.000390. The van der Waals surface area contributed by atoms with Gasteiger partial charge in [0.15, 0.2) is 0 Å². The summed E-state index contributed by atoms with van der Waals surface area (Å²) in [7, 11) is 0. The Morgan fingerprint density at radius 2 is 2.11 bits per heavy atom. The van der Waals surface area contributed by atoms with E-state index in [0.717, 1.165) is 0 Å². The highest BCUT2D eigenvalue weighted by atomic mass is 35.5. The van der Waals surface area contributed by atoms with Crippen molar-refractivity contribution in [2.45, 2.75) is 6.10 Å². The molecule has 0 amide bonds. The second-order valence-electron chi connectivity index (χ2n) is 2.10. The molecule has 0 aromatic carbocycles. The van der Waals surface area contributed by atoms with Crippen molar-refractivity contribution < 1.29 is 9.50 Å². The first-order valence-corrected chi connectivity index (χ1v) is 2.79. The van der Waals surface area contributed by atoms with Crippen molar-refractivity contribution >= 4 is 12.4 Å². The summed E-state index contributed by atoms with van der Waals surface area (Å²) in [4.78, 5) is 1.88. The number of nitrogens with zero attached hydrogens (tertiary/aromatic N) is 1. The third kappa shape index (κ3) is 2.47. The fourth-order valence-corrected chi connectivity index (χ4v) is 0.845. The smallest absolute Gasteiger partial charge is 0.102 e. The zero-order chi connectivity index (χ0) is 5.98. The van der Waals surface area contributed by atoms with Crippen LogP contribution < -0.4 is 0 Å². The van der Waals surface area contributed by atoms with Crippen LogP contribution in [0.15, 0.2) is 0 Å². The number of rotatable bonds is 2. The molecular weight excluding hydrogens is 145 g/mol. The van der Waals surface area contributed by atoms with Gasteiger partial charge < -0.3 is 5.11 Å². The van der Waals surface area contributed by atoms with E-state index < -0.39 is 0 Å². The maximum absolute atomic E-state index is 11.5. The number of likely N-dealkylation sites (tertiary alicyclic amines) is 1. The molecule has 0 unspecified atom stereocenters. The number of aliphatic hydroxyl groups is 1. The summed E-state index contributed by atoms with van der Waals surface area (Å²) in [6.45, 7) is 1.50. The lowest BCUT2D eigenvalue weighted by atomic mass is 10.2. The normalized spacial score (nSPS) is 20.7. The average molecular weight is 156 g/mol. The highest BCUT2D eigenvalue weighted by Gasteiger charge is 2.22. The second-order valence-corrected chi connectivity index (χ2v) is 2.10. The maximum Gasteiger partial charge on any atom is 0.102 e. The molecule has 0 aromatic rings. The van der Waals surface area contributed by atoms with Crippen molar-refractivity contribution in [3.63, 3.8) is 0 Å². The summed E-state index contributed by atoms with van der Waals surface area (Å²) >= 11 is 0. The predicted octanol–water partition coefficient (Wildman–Crippen LogP) is 0.0542. The Morgan fingerprint density at radius 3 is 2.44 bits per heavy atom. The molecule has 0 bridgehead atoms. The summed E-state index contributed by atoms with van der Waals surface area (Å²) in [6, 6.07) is 0. The van der Waals surface area contributed by atoms with Gasteiger partial charge in [-0.15, -0.1) is 12.4 Å². The Labute approximate surface area is 60.1 Å². The number of aliphatic hydroxyl groups excluding tert-OH is 1. The average Bonchev–Trinajstić information content (AvgIpc) is 1.64. The minimum atomic E-state index is -0.299. The lowest BCUT2D eigenvalue weighted by Crippen LogP contribution is -2.51. The predicted molar refractivity (Wildman–Crippen MR) is 35.7 cm³/mol. The van der Waals surface area contributed by atoms with E-state index in [2.05, 4.69) is 0 Å². The molecule has 0 saturated carbocycles. The van der Waals surface area contributed by atoms with E-state index >= 15 is 0 Å². The number of halogens is 2. The molecule has 0 spiro atoms. The molecule has 1 aliphatic heterocycles. The molecule has 9 heavy (non-hydrogen) atoms. The fraction of sp³-hybridized carbons (Fsp3) is 1.00. The highest BCUT2D eigenvalue weighted by Crippen LogP contribution is 2.05. The molecule has 1 heterocycles. The molecule has 1 rings (SSSR count). The molecule has 4 heteroatoms. The third-order valence-corrected chi connectivity index (χ3v) is 1.34. The van der Waals surface area contributed by atoms with Crippen LogP contribution in [0, 0.1) is 0 Å². The molecule has 0 aliphatic carbocycles. The molecular formula is C5H11ClFNO. The Bertz CT molecular complexity index is 74.6. The first-order chi connectivity index (χ1) is 3.83. The fourth-order valence-electron chi connectivity index (χ4n) is 0.845. The van der Waals surface area contributed by atoms with Crippen molar-refractivity contribution in [3.05, 3.63) is 0 Å². The van der Waals surface area contributed by atoms with E-state index in [9.17, 15) is 4.39 Å². The Morgan fingerprint density at radius 1 is 1.56 bits per heavy atom. The molecule has 1 fully saturated rings. The van der Waals surface area contributed by atoms with Gasteiger partial charge >= 0.3 is 0 Å². The maximum atomic E-state index is 11.5. The number of alkyl halides is 1. The van der Waals surface area contributed by atoms with Crippen LogP contribution in [-0.4, -0.2) is 42.4 Å². The van der Waals surface area contributed by atoms with Gasteiger partial charge in [-0.3, -0.25) is 4.90 Å². The van der Waals surface area contributed by atoms with E-state index in [1.54, 1.807) is 0 Å². The van der Waals surface area contributed by atoms with Crippen LogP contribution >= 0.6 is 12.4 Å². The molecule has 0 atom stereocenters. The van der Waals surface area contributed by atoms with Crippen molar-refractivity contribution in [1.29, 1.82) is 0 Å². The van der Waals surface area contributed by atoms with Crippen molar-refractivity contribution in [3.8, 4) is 0 Å². The number of hydrogen-bond donors (Lipinski definition) is 1. The van der Waals surface area contributed by atoms with Crippen molar-refractivity contribution in [1.82, 2.24) is 4.90 Å². The summed E-state index contributed by atoms with van der Waals surface area (Å²) in [5.41, 5.74) is 0. The zero-order valence-electron chi connectivity index (χ0n) is 5.09. The zero-order valence-corrected chi connectivity index (χ0v) is 5.90. The monoisotopic (exact) mass is 155 g/mol. The molecule has 2 nitrogen and oxygen atoms in total. The third-order valence-electron chi connectivity index (χ3n) is 1.34. The van der Waals surface area contributed by atoms with Crippen LogP contribution in [0.5, 0.6) is 0 Å². The van der Waals surface area contributed by atoms with Crippen LogP contribution in [0.25, 0.3) is 0 Å². The SMILES string of the molecule is Cl.OC1CN(CCF)C1. The molecule has 1 saturated heterocycles. The second kappa shape index (κ2) is 4.04. The van der Waals surface area contributed by atoms with Gasteiger partial charge in [0.2, 0.25) is 0 Å². The van der Waals surface area contributed by atoms with E-state index in [4.69, 9.17) is 5.11 Å². The van der Waals surface area contributed by atoms with Crippen molar-refractivity contribution in [2.75, 3.05) is 26.3 Å². The highest BCUT2D eigenvalue weighted by molar-refractivity contribution is 5.85. The van der Waals surface area contributed by atoms with Crippen LogP contribution in [0.4, 0.5) is 4.39 Å². The summed E-state index contributed by atoms with van der Waals surface area (Å²) < 4.78 is 11.5. The van der Waals surface area contributed by atoms with Gasteiger partial charge in [-0.2, -0.15) is 0 Å². The lowest BCUT2D eigenvalue weighted by Gasteiger charge is -2.34. The van der Waals surface area contributed by atoms with Crippen LogP contribution in [0.2, 0.25) is 0 Å². The molecule has 1 N–H and O–H groups in total. The van der Waals surface area contributed by atoms with Gasteiger partial charge in [0.1, 0.15) is 6.67 Å². The minimum Gasteiger partial charge on any atom is -0.390 e. The Hall–Kier alpha value is 0.140. The van der Waals surface area contributed by atoms with E-state index in [1.165, 1.54) is 0 Å². The topological polar surface area (TPSA) is 23.5 Å². The van der Waals surface area contributed by atoms with E-state index in [0.29, 0.717) is 19.6 Å². The van der Waals surface area contributed by atoms with Gasteiger partial charge in [-0.1, -0.05) is 0 Å². The Kier molecular flexibility index (Phi) is 4.10. The first-order valence-electron chi connectivity index (χ1n) is 2.79. The Balaban J connectivity index is 0.000000640. The standard InChI is InChI=1S/C5H10FNO.ClH/c6-1-2-7-3-5(8)4-7;/h5,8H,1-4H2;1H. The molecule has 0 radical (unpaired) electrons. The van der Waals surface area contributed by atoms with Crippen LogP contribution in [0.3, 0.4) is 0 Å². The molecule has 56 valence electrons. The van der Waals surface area contributed by atoms with Crippen molar-refractivity contribution in [2.24, 2.45) is 0 Å². The molecule has 0 aromatic heterocycles. The first kappa shape index (κ1) is 9.14. The van der Waals surface area contributed by atoms with Gasteiger partial charge in [-0.25, -0.2) is 4.39 Å². The van der Waals surface area contributed by atoms with Crippen LogP contribution in [-0.2, 0) is 0 Å².